The molecule has 0 aliphatic carbocycles. The third kappa shape index (κ3) is 4.97. The minimum atomic E-state index is -1.55. The Bertz CT molecular complexity index is 1390. The molecule has 0 radical (unpaired) electrons. The van der Waals surface area contributed by atoms with Crippen molar-refractivity contribution in [2.24, 2.45) is 0 Å². The Morgan fingerprint density at radius 3 is 2.03 bits per heavy atom. The minimum absolute atomic E-state index is 0.0950. The number of halogens is 5. The summed E-state index contributed by atoms with van der Waals surface area (Å²) in [5.41, 5.74) is 2.15. The van der Waals surface area contributed by atoms with Crippen molar-refractivity contribution in [1.82, 2.24) is 0 Å². The van der Waals surface area contributed by atoms with E-state index in [0.717, 1.165) is 31.7 Å². The molecule has 0 heterocycles. The highest BCUT2D eigenvalue weighted by Crippen LogP contribution is 2.26. The number of hydrogen-bond acceptors (Lipinski definition) is 0. The van der Waals surface area contributed by atoms with Gasteiger partial charge in [-0.15, -0.1) is 0 Å². The summed E-state index contributed by atoms with van der Waals surface area (Å²) in [6.07, 6.45) is 4.37. The molecule has 0 fully saturated rings. The van der Waals surface area contributed by atoms with Crippen LogP contribution in [0.2, 0.25) is 0 Å². The van der Waals surface area contributed by atoms with Gasteiger partial charge >= 0.3 is 0 Å². The molecule has 0 saturated heterocycles. The summed E-state index contributed by atoms with van der Waals surface area (Å²) in [4.78, 5) is 0. The van der Waals surface area contributed by atoms with Gasteiger partial charge in [-0.2, -0.15) is 0 Å². The van der Waals surface area contributed by atoms with E-state index >= 15 is 0 Å². The number of benzene rings is 4. The molecule has 0 spiro atoms. The lowest BCUT2D eigenvalue weighted by Crippen LogP contribution is -1.94. The lowest BCUT2D eigenvalue weighted by Gasteiger charge is -2.07. The smallest absolute Gasteiger partial charge is 0.195 e. The predicted octanol–water partition coefficient (Wildman–Crippen LogP) is 8.33. The van der Waals surface area contributed by atoms with Crippen LogP contribution in [0, 0.1) is 40.9 Å². The average Bonchev–Trinajstić information content (AvgIpc) is 2.82. The van der Waals surface area contributed by atoms with Gasteiger partial charge in [-0.05, 0) is 65.3 Å². The number of fused-ring (bicyclic) bond motifs is 1. The standard InChI is InChI=1S/C29H21F5/c1-2-3-4-5-18-6-10-20(11-7-18)21-15-25(30)24(26(31)16-21)13-9-19-8-12-23-22(14-19)17-27(32)29(34)28(23)33/h6-8,10-12,14-17H,2-5H2,1H3. The Labute approximate surface area is 195 Å². The number of hydrogen-bond donors (Lipinski definition) is 0. The van der Waals surface area contributed by atoms with E-state index in [2.05, 4.69) is 18.8 Å². The van der Waals surface area contributed by atoms with Gasteiger partial charge in [0.25, 0.3) is 0 Å². The fraction of sp³-hybridized carbons (Fsp3) is 0.172. The van der Waals surface area contributed by atoms with Crippen molar-refractivity contribution >= 4 is 10.8 Å². The minimum Gasteiger partial charge on any atom is -0.205 e. The highest BCUT2D eigenvalue weighted by Gasteiger charge is 2.14. The van der Waals surface area contributed by atoms with Crippen LogP contribution in [-0.2, 0) is 6.42 Å². The molecule has 34 heavy (non-hydrogen) atoms. The summed E-state index contributed by atoms with van der Waals surface area (Å²) < 4.78 is 70.2. The van der Waals surface area contributed by atoms with E-state index in [1.807, 2.05) is 24.3 Å². The molecule has 0 amide bonds. The van der Waals surface area contributed by atoms with Gasteiger partial charge in [0.05, 0.1) is 5.56 Å². The summed E-state index contributed by atoms with van der Waals surface area (Å²) in [6, 6.07) is 14.9. The van der Waals surface area contributed by atoms with Crippen LogP contribution in [0.25, 0.3) is 21.9 Å². The molecule has 0 saturated carbocycles. The highest BCUT2D eigenvalue weighted by molar-refractivity contribution is 5.84. The van der Waals surface area contributed by atoms with Crippen LogP contribution in [0.3, 0.4) is 0 Å². The molecule has 172 valence electrons. The normalized spacial score (nSPS) is 10.9. The first-order valence-corrected chi connectivity index (χ1v) is 11.0. The van der Waals surface area contributed by atoms with Crippen LogP contribution in [0.4, 0.5) is 22.0 Å². The van der Waals surface area contributed by atoms with Gasteiger partial charge < -0.3 is 0 Å². The van der Waals surface area contributed by atoms with Crippen molar-refractivity contribution in [3.63, 3.8) is 0 Å². The molecule has 0 unspecified atom stereocenters. The number of rotatable bonds is 5. The van der Waals surface area contributed by atoms with Gasteiger partial charge in [0.15, 0.2) is 17.5 Å². The molecule has 5 heteroatoms. The van der Waals surface area contributed by atoms with Gasteiger partial charge in [-0.1, -0.05) is 61.9 Å². The van der Waals surface area contributed by atoms with Gasteiger partial charge in [-0.3, -0.25) is 0 Å². The Morgan fingerprint density at radius 2 is 1.35 bits per heavy atom. The quantitative estimate of drug-likeness (QED) is 0.121. The predicted molar refractivity (Wildman–Crippen MR) is 125 cm³/mol. The average molecular weight is 464 g/mol. The largest absolute Gasteiger partial charge is 0.205 e. The zero-order valence-electron chi connectivity index (χ0n) is 18.5. The maximum absolute atomic E-state index is 14.7. The van der Waals surface area contributed by atoms with Crippen LogP contribution in [-0.4, -0.2) is 0 Å². The maximum Gasteiger partial charge on any atom is 0.195 e. The molecule has 0 bridgehead atoms. The van der Waals surface area contributed by atoms with Crippen molar-refractivity contribution in [2.75, 3.05) is 0 Å². The van der Waals surface area contributed by atoms with Gasteiger partial charge in [-0.25, -0.2) is 22.0 Å². The molecule has 0 atom stereocenters. The second-order valence-electron chi connectivity index (χ2n) is 8.14. The number of aryl methyl sites for hydroxylation is 1. The first kappa shape index (κ1) is 23.5. The van der Waals surface area contributed by atoms with E-state index in [1.54, 1.807) is 0 Å². The van der Waals surface area contributed by atoms with E-state index in [4.69, 9.17) is 0 Å². The van der Waals surface area contributed by atoms with Crippen LogP contribution >= 0.6 is 0 Å². The molecule has 4 aromatic rings. The fourth-order valence-electron chi connectivity index (χ4n) is 3.82. The lowest BCUT2D eigenvalue weighted by molar-refractivity contribution is 0.453. The van der Waals surface area contributed by atoms with Gasteiger partial charge in [0.1, 0.15) is 11.6 Å². The Balaban J connectivity index is 1.60. The zero-order valence-corrected chi connectivity index (χ0v) is 18.5. The van der Waals surface area contributed by atoms with E-state index in [-0.39, 0.29) is 16.3 Å². The van der Waals surface area contributed by atoms with Crippen molar-refractivity contribution < 1.29 is 22.0 Å². The third-order valence-electron chi connectivity index (χ3n) is 5.70. The molecule has 0 N–H and O–H groups in total. The summed E-state index contributed by atoms with van der Waals surface area (Å²) in [5, 5.41) is -0.0137. The number of unbranched alkanes of at least 4 members (excludes halogenated alkanes) is 2. The van der Waals surface area contributed by atoms with Crippen LogP contribution in [0.15, 0.2) is 60.7 Å². The second-order valence-corrected chi connectivity index (χ2v) is 8.14. The van der Waals surface area contributed by atoms with Crippen molar-refractivity contribution in [1.29, 1.82) is 0 Å². The SMILES string of the molecule is CCCCCc1ccc(-c2cc(F)c(C#Cc3ccc4c(F)c(F)c(F)cc4c3)c(F)c2)cc1. The Morgan fingerprint density at radius 1 is 0.647 bits per heavy atom. The second kappa shape index (κ2) is 10.1. The van der Waals surface area contributed by atoms with Crippen molar-refractivity contribution in [3.05, 3.63) is 106 Å². The van der Waals surface area contributed by atoms with Crippen LogP contribution < -0.4 is 0 Å². The molecule has 0 aliphatic heterocycles. The lowest BCUT2D eigenvalue weighted by atomic mass is 9.99. The monoisotopic (exact) mass is 464 g/mol. The third-order valence-corrected chi connectivity index (χ3v) is 5.70. The van der Waals surface area contributed by atoms with E-state index < -0.39 is 34.6 Å². The van der Waals surface area contributed by atoms with Crippen molar-refractivity contribution in [3.8, 4) is 23.0 Å². The molecule has 0 aliphatic rings. The van der Waals surface area contributed by atoms with Crippen LogP contribution in [0.1, 0.15) is 42.9 Å². The zero-order chi connectivity index (χ0) is 24.2. The first-order chi connectivity index (χ1) is 16.4. The topological polar surface area (TPSA) is 0 Å². The van der Waals surface area contributed by atoms with Crippen LogP contribution in [0.5, 0.6) is 0 Å². The van der Waals surface area contributed by atoms with E-state index in [9.17, 15) is 22.0 Å². The summed E-state index contributed by atoms with van der Waals surface area (Å²) in [5.74, 6) is -0.725. The molecular weight excluding hydrogens is 443 g/mol. The Kier molecular flexibility index (Phi) is 6.98. The first-order valence-electron chi connectivity index (χ1n) is 11.0. The maximum atomic E-state index is 14.7. The van der Waals surface area contributed by atoms with Gasteiger partial charge in [0, 0.05) is 10.9 Å². The fourth-order valence-corrected chi connectivity index (χ4v) is 3.82. The Hall–Kier alpha value is -3.65. The molecule has 0 aromatic heterocycles. The molecular formula is C29H21F5. The highest BCUT2D eigenvalue weighted by atomic mass is 19.2. The van der Waals surface area contributed by atoms with E-state index in [0.29, 0.717) is 11.1 Å². The summed E-state index contributed by atoms with van der Waals surface area (Å²) in [6.45, 7) is 2.15. The summed E-state index contributed by atoms with van der Waals surface area (Å²) in [7, 11) is 0. The summed E-state index contributed by atoms with van der Waals surface area (Å²) >= 11 is 0. The molecule has 4 aromatic carbocycles. The van der Waals surface area contributed by atoms with Gasteiger partial charge in [0.2, 0.25) is 0 Å². The molecule has 0 nitrogen and oxygen atoms in total. The molecule has 4 rings (SSSR count). The van der Waals surface area contributed by atoms with Crippen molar-refractivity contribution in [2.45, 2.75) is 32.6 Å². The van der Waals surface area contributed by atoms with E-state index in [1.165, 1.54) is 35.9 Å².